The molecule has 0 aromatic carbocycles. The third-order valence-corrected chi connectivity index (χ3v) is 2.52. The summed E-state index contributed by atoms with van der Waals surface area (Å²) < 4.78 is 0. The normalized spacial score (nSPS) is 13.6. The van der Waals surface area contributed by atoms with Gasteiger partial charge >= 0.3 is 0 Å². The molecule has 3 heteroatoms. The van der Waals surface area contributed by atoms with Gasteiger partial charge in [-0.3, -0.25) is 0 Å². The molecule has 0 aromatic heterocycles. The smallest absolute Gasteiger partial charge is 0.0178 e. The molecule has 0 saturated heterocycles. The van der Waals surface area contributed by atoms with Gasteiger partial charge in [-0.2, -0.15) is 0 Å². The van der Waals surface area contributed by atoms with Gasteiger partial charge in [0.1, 0.15) is 0 Å². The number of halogens is 2. The van der Waals surface area contributed by atoms with Crippen molar-refractivity contribution in [1.29, 1.82) is 0 Å². The lowest BCUT2D eigenvalue weighted by molar-refractivity contribution is 0.395. The van der Waals surface area contributed by atoms with Gasteiger partial charge in [-0.05, 0) is 32.8 Å². The van der Waals surface area contributed by atoms with Crippen LogP contribution in [0.4, 0.5) is 0 Å². The van der Waals surface area contributed by atoms with Crippen LogP contribution in [0, 0.1) is 0 Å². The van der Waals surface area contributed by atoms with Gasteiger partial charge < -0.3 is 5.32 Å². The van der Waals surface area contributed by atoms with Crippen molar-refractivity contribution < 1.29 is 0 Å². The van der Waals surface area contributed by atoms with E-state index in [4.69, 9.17) is 11.6 Å². The SMILES string of the molecule is CC(=CCl)CNC(C)(C)CCBr. The highest BCUT2D eigenvalue weighted by molar-refractivity contribution is 9.09. The predicted molar refractivity (Wildman–Crippen MR) is 60.1 cm³/mol. The Labute approximate surface area is 88.7 Å². The first-order chi connectivity index (χ1) is 5.52. The molecule has 1 N–H and O–H groups in total. The van der Waals surface area contributed by atoms with Gasteiger partial charge in [-0.15, -0.1) is 0 Å². The summed E-state index contributed by atoms with van der Waals surface area (Å²) in [5.74, 6) is 0. The zero-order valence-corrected chi connectivity index (χ0v) is 10.3. The first-order valence-corrected chi connectivity index (χ1v) is 5.64. The largest absolute Gasteiger partial charge is 0.308 e. The summed E-state index contributed by atoms with van der Waals surface area (Å²) in [6.07, 6.45) is 1.11. The molecule has 0 unspecified atom stereocenters. The first-order valence-electron chi connectivity index (χ1n) is 4.08. The van der Waals surface area contributed by atoms with Crippen molar-refractivity contribution in [3.63, 3.8) is 0 Å². The van der Waals surface area contributed by atoms with Crippen molar-refractivity contribution in [2.75, 3.05) is 11.9 Å². The van der Waals surface area contributed by atoms with Crippen molar-refractivity contribution in [2.24, 2.45) is 0 Å². The highest BCUT2D eigenvalue weighted by Gasteiger charge is 2.14. The van der Waals surface area contributed by atoms with Crippen LogP contribution in [0.25, 0.3) is 0 Å². The number of hydrogen-bond donors (Lipinski definition) is 1. The second-order valence-corrected chi connectivity index (χ2v) is 4.64. The van der Waals surface area contributed by atoms with E-state index in [1.165, 1.54) is 5.57 Å². The molecule has 1 nitrogen and oxygen atoms in total. The quantitative estimate of drug-likeness (QED) is 0.743. The van der Waals surface area contributed by atoms with Crippen LogP contribution in [-0.4, -0.2) is 17.4 Å². The Bertz CT molecular complexity index is 155. The number of alkyl halides is 1. The van der Waals surface area contributed by atoms with Crippen LogP contribution >= 0.6 is 27.5 Å². The van der Waals surface area contributed by atoms with Gasteiger partial charge in [-0.25, -0.2) is 0 Å². The van der Waals surface area contributed by atoms with Crippen molar-refractivity contribution in [2.45, 2.75) is 32.7 Å². The van der Waals surface area contributed by atoms with E-state index in [1.807, 2.05) is 6.92 Å². The molecule has 0 spiro atoms. The van der Waals surface area contributed by atoms with Crippen LogP contribution in [0.15, 0.2) is 11.1 Å². The summed E-state index contributed by atoms with van der Waals surface area (Å²) in [6.45, 7) is 7.26. The zero-order valence-electron chi connectivity index (χ0n) is 7.95. The lowest BCUT2D eigenvalue weighted by Crippen LogP contribution is -2.40. The third kappa shape index (κ3) is 6.04. The van der Waals surface area contributed by atoms with E-state index in [0.717, 1.165) is 18.3 Å². The van der Waals surface area contributed by atoms with E-state index >= 15 is 0 Å². The highest BCUT2D eigenvalue weighted by atomic mass is 79.9. The molecule has 0 bridgehead atoms. The van der Waals surface area contributed by atoms with Crippen LogP contribution in [0.5, 0.6) is 0 Å². The van der Waals surface area contributed by atoms with Gasteiger partial charge in [0.15, 0.2) is 0 Å². The molecule has 0 aliphatic carbocycles. The zero-order chi connectivity index (χ0) is 9.61. The highest BCUT2D eigenvalue weighted by Crippen LogP contribution is 2.10. The van der Waals surface area contributed by atoms with Crippen LogP contribution in [0.1, 0.15) is 27.2 Å². The van der Waals surface area contributed by atoms with Crippen molar-refractivity contribution in [1.82, 2.24) is 5.32 Å². The Morgan fingerprint density at radius 3 is 2.58 bits per heavy atom. The maximum absolute atomic E-state index is 5.55. The molecule has 0 rings (SSSR count). The first kappa shape index (κ1) is 12.5. The molecule has 0 aromatic rings. The van der Waals surface area contributed by atoms with E-state index in [2.05, 4.69) is 35.1 Å². The molecule has 0 atom stereocenters. The fourth-order valence-corrected chi connectivity index (χ4v) is 1.81. The molecule has 0 aliphatic heterocycles. The lowest BCUT2D eigenvalue weighted by atomic mass is 10.0. The molecular weight excluding hydrogens is 237 g/mol. The molecule has 0 saturated carbocycles. The van der Waals surface area contributed by atoms with Crippen LogP contribution in [0.3, 0.4) is 0 Å². The van der Waals surface area contributed by atoms with Gasteiger partial charge in [-0.1, -0.05) is 27.5 Å². The minimum Gasteiger partial charge on any atom is -0.308 e. The van der Waals surface area contributed by atoms with E-state index in [9.17, 15) is 0 Å². The Hall–Kier alpha value is 0.470. The Balaban J connectivity index is 3.75. The third-order valence-electron chi connectivity index (χ3n) is 1.75. The Kier molecular flexibility index (Phi) is 6.24. The van der Waals surface area contributed by atoms with Crippen LogP contribution in [-0.2, 0) is 0 Å². The minimum absolute atomic E-state index is 0.185. The monoisotopic (exact) mass is 253 g/mol. The Morgan fingerprint density at radius 2 is 2.17 bits per heavy atom. The number of rotatable bonds is 5. The standard InChI is InChI=1S/C9H17BrClN/c1-8(6-11)7-12-9(2,3)4-5-10/h6,12H,4-5,7H2,1-3H3. The average molecular weight is 255 g/mol. The van der Waals surface area contributed by atoms with E-state index < -0.39 is 0 Å². The topological polar surface area (TPSA) is 12.0 Å². The Morgan fingerprint density at radius 1 is 1.58 bits per heavy atom. The molecule has 0 amide bonds. The van der Waals surface area contributed by atoms with Gasteiger partial charge in [0, 0.05) is 22.9 Å². The minimum atomic E-state index is 0.185. The molecule has 12 heavy (non-hydrogen) atoms. The van der Waals surface area contributed by atoms with Gasteiger partial charge in [0.05, 0.1) is 0 Å². The fraction of sp³-hybridized carbons (Fsp3) is 0.778. The van der Waals surface area contributed by atoms with E-state index in [1.54, 1.807) is 5.54 Å². The summed E-state index contributed by atoms with van der Waals surface area (Å²) in [5, 5.41) is 4.45. The molecular formula is C9H17BrClN. The van der Waals surface area contributed by atoms with Crippen molar-refractivity contribution >= 4 is 27.5 Å². The second kappa shape index (κ2) is 6.01. The summed E-state index contributed by atoms with van der Waals surface area (Å²) in [7, 11) is 0. The van der Waals surface area contributed by atoms with Crippen molar-refractivity contribution in [3.05, 3.63) is 11.1 Å². The summed E-state index contributed by atoms with van der Waals surface area (Å²) in [4.78, 5) is 0. The summed E-state index contributed by atoms with van der Waals surface area (Å²) in [6, 6.07) is 0. The van der Waals surface area contributed by atoms with Crippen LogP contribution in [0.2, 0.25) is 0 Å². The van der Waals surface area contributed by atoms with Crippen LogP contribution < -0.4 is 5.32 Å². The molecule has 0 heterocycles. The van der Waals surface area contributed by atoms with Gasteiger partial charge in [0.25, 0.3) is 0 Å². The summed E-state index contributed by atoms with van der Waals surface area (Å²) >= 11 is 8.98. The predicted octanol–water partition coefficient (Wildman–Crippen LogP) is 3.28. The maximum atomic E-state index is 5.55. The van der Waals surface area contributed by atoms with E-state index in [-0.39, 0.29) is 5.54 Å². The molecule has 0 fully saturated rings. The summed E-state index contributed by atoms with van der Waals surface area (Å²) in [5.41, 5.74) is 2.97. The molecule has 0 aliphatic rings. The lowest BCUT2D eigenvalue weighted by Gasteiger charge is -2.25. The fourth-order valence-electron chi connectivity index (χ4n) is 0.742. The number of hydrogen-bond acceptors (Lipinski definition) is 1. The average Bonchev–Trinajstić information content (AvgIpc) is 2.00. The number of nitrogens with one attached hydrogen (secondary N) is 1. The second-order valence-electron chi connectivity index (χ2n) is 3.63. The van der Waals surface area contributed by atoms with E-state index in [0.29, 0.717) is 0 Å². The van der Waals surface area contributed by atoms with Gasteiger partial charge in [0.2, 0.25) is 0 Å². The maximum Gasteiger partial charge on any atom is 0.0178 e. The van der Waals surface area contributed by atoms with Crippen molar-refractivity contribution in [3.8, 4) is 0 Å². The molecule has 72 valence electrons. The molecule has 0 radical (unpaired) electrons.